The van der Waals surface area contributed by atoms with Crippen LogP contribution in [0.3, 0.4) is 0 Å². The van der Waals surface area contributed by atoms with Gasteiger partial charge in [0.15, 0.2) is 0 Å². The summed E-state index contributed by atoms with van der Waals surface area (Å²) < 4.78 is 0. The van der Waals surface area contributed by atoms with E-state index in [0.717, 1.165) is 38.3 Å². The van der Waals surface area contributed by atoms with Crippen molar-refractivity contribution in [3.63, 3.8) is 0 Å². The zero-order chi connectivity index (χ0) is 19.9. The molecule has 1 heterocycles. The summed E-state index contributed by atoms with van der Waals surface area (Å²) in [6.45, 7) is 8.09. The number of nitrogens with zero attached hydrogens (tertiary/aromatic N) is 1. The Morgan fingerprint density at radius 1 is 1.04 bits per heavy atom. The van der Waals surface area contributed by atoms with Crippen molar-refractivity contribution in [3.05, 3.63) is 71.3 Å². The van der Waals surface area contributed by atoms with E-state index in [1.807, 2.05) is 35.2 Å². The highest BCUT2D eigenvalue weighted by Gasteiger charge is 2.26. The largest absolute Gasteiger partial charge is 0.349 e. The summed E-state index contributed by atoms with van der Waals surface area (Å²) in [5.74, 6) is -0.00769. The second-order valence-electron chi connectivity index (χ2n) is 7.60. The first-order chi connectivity index (χ1) is 13.5. The van der Waals surface area contributed by atoms with Gasteiger partial charge in [0.05, 0.1) is 38.6 Å². The van der Waals surface area contributed by atoms with Gasteiger partial charge in [-0.15, -0.1) is 0 Å². The molecular formula is C23H30N3O2+. The van der Waals surface area contributed by atoms with Crippen molar-refractivity contribution in [2.75, 3.05) is 26.2 Å². The SMILES string of the molecule is CC(=O)N[C@H](CC(=O)N1CC[NH+](Cc2ccccc2C)CC1)c1ccccc1. The molecule has 1 saturated heterocycles. The van der Waals surface area contributed by atoms with Gasteiger partial charge < -0.3 is 15.1 Å². The van der Waals surface area contributed by atoms with Gasteiger partial charge in [0.1, 0.15) is 6.54 Å². The summed E-state index contributed by atoms with van der Waals surface area (Å²) in [6, 6.07) is 17.9. The molecule has 5 nitrogen and oxygen atoms in total. The molecule has 2 aromatic rings. The molecule has 0 saturated carbocycles. The summed E-state index contributed by atoms with van der Waals surface area (Å²) in [6.07, 6.45) is 0.302. The summed E-state index contributed by atoms with van der Waals surface area (Å²) in [5.41, 5.74) is 3.68. The lowest BCUT2D eigenvalue weighted by atomic mass is 10.0. The fourth-order valence-corrected chi connectivity index (χ4v) is 3.81. The zero-order valence-electron chi connectivity index (χ0n) is 16.8. The molecule has 2 amide bonds. The van der Waals surface area contributed by atoms with Gasteiger partial charge in [0.2, 0.25) is 11.8 Å². The van der Waals surface area contributed by atoms with Crippen LogP contribution in [0.1, 0.15) is 36.1 Å². The minimum absolute atomic E-state index is 0.109. The maximum atomic E-state index is 12.8. The highest BCUT2D eigenvalue weighted by Crippen LogP contribution is 2.18. The van der Waals surface area contributed by atoms with Crippen molar-refractivity contribution in [1.82, 2.24) is 10.2 Å². The number of aryl methyl sites for hydroxylation is 1. The molecular weight excluding hydrogens is 350 g/mol. The van der Waals surface area contributed by atoms with Crippen LogP contribution in [0.25, 0.3) is 0 Å². The van der Waals surface area contributed by atoms with Crippen molar-refractivity contribution in [2.24, 2.45) is 0 Å². The molecule has 2 aromatic carbocycles. The number of rotatable bonds is 6. The maximum Gasteiger partial charge on any atom is 0.225 e. The van der Waals surface area contributed by atoms with E-state index >= 15 is 0 Å². The first kappa shape index (κ1) is 20.1. The quantitative estimate of drug-likeness (QED) is 0.798. The van der Waals surface area contributed by atoms with Crippen LogP contribution in [0.4, 0.5) is 0 Å². The Morgan fingerprint density at radius 3 is 2.32 bits per heavy atom. The van der Waals surface area contributed by atoms with Gasteiger partial charge in [0, 0.05) is 12.5 Å². The lowest BCUT2D eigenvalue weighted by molar-refractivity contribution is -0.917. The Morgan fingerprint density at radius 2 is 1.68 bits per heavy atom. The molecule has 3 rings (SSSR count). The van der Waals surface area contributed by atoms with Gasteiger partial charge in [-0.1, -0.05) is 54.6 Å². The van der Waals surface area contributed by atoms with E-state index in [-0.39, 0.29) is 17.9 Å². The number of nitrogens with one attached hydrogen (secondary N) is 2. The summed E-state index contributed by atoms with van der Waals surface area (Å²) >= 11 is 0. The van der Waals surface area contributed by atoms with Crippen molar-refractivity contribution in [2.45, 2.75) is 32.9 Å². The fourth-order valence-electron chi connectivity index (χ4n) is 3.81. The minimum atomic E-state index is -0.274. The third-order valence-corrected chi connectivity index (χ3v) is 5.48. The van der Waals surface area contributed by atoms with E-state index in [1.54, 1.807) is 0 Å². The van der Waals surface area contributed by atoms with Gasteiger partial charge in [0.25, 0.3) is 0 Å². The van der Waals surface area contributed by atoms with Crippen LogP contribution in [0.2, 0.25) is 0 Å². The fraction of sp³-hybridized carbons (Fsp3) is 0.391. The summed E-state index contributed by atoms with van der Waals surface area (Å²) in [7, 11) is 0. The Balaban J connectivity index is 1.55. The molecule has 0 aromatic heterocycles. The Kier molecular flexibility index (Phi) is 6.82. The van der Waals surface area contributed by atoms with E-state index < -0.39 is 0 Å². The van der Waals surface area contributed by atoms with E-state index in [4.69, 9.17) is 0 Å². The van der Waals surface area contributed by atoms with Crippen molar-refractivity contribution < 1.29 is 14.5 Å². The Hall–Kier alpha value is -2.66. The highest BCUT2D eigenvalue weighted by molar-refractivity contribution is 5.79. The molecule has 0 aliphatic carbocycles. The second-order valence-corrected chi connectivity index (χ2v) is 7.60. The van der Waals surface area contributed by atoms with Crippen LogP contribution in [0.5, 0.6) is 0 Å². The van der Waals surface area contributed by atoms with Crippen LogP contribution in [-0.4, -0.2) is 42.9 Å². The molecule has 28 heavy (non-hydrogen) atoms. The number of carbonyl (C=O) groups is 2. The molecule has 2 N–H and O–H groups in total. The third kappa shape index (κ3) is 5.42. The van der Waals surface area contributed by atoms with E-state index in [9.17, 15) is 9.59 Å². The number of carbonyl (C=O) groups excluding carboxylic acids is 2. The first-order valence-electron chi connectivity index (χ1n) is 10.0. The average Bonchev–Trinajstić information content (AvgIpc) is 2.70. The highest BCUT2D eigenvalue weighted by atomic mass is 16.2. The average molecular weight is 381 g/mol. The molecule has 0 spiro atoms. The summed E-state index contributed by atoms with van der Waals surface area (Å²) in [4.78, 5) is 27.9. The first-order valence-corrected chi connectivity index (χ1v) is 10.0. The normalized spacial score (nSPS) is 15.9. The Labute approximate surface area is 167 Å². The predicted molar refractivity (Wildman–Crippen MR) is 110 cm³/mol. The molecule has 1 aliphatic rings. The zero-order valence-corrected chi connectivity index (χ0v) is 16.8. The van der Waals surface area contributed by atoms with Crippen molar-refractivity contribution in [1.29, 1.82) is 0 Å². The van der Waals surface area contributed by atoms with Crippen LogP contribution in [0.15, 0.2) is 54.6 Å². The molecule has 5 heteroatoms. The predicted octanol–water partition coefficient (Wildman–Crippen LogP) is 1.49. The molecule has 1 fully saturated rings. The number of hydrogen-bond donors (Lipinski definition) is 2. The minimum Gasteiger partial charge on any atom is -0.349 e. The topological polar surface area (TPSA) is 53.9 Å². The van der Waals surface area contributed by atoms with Crippen LogP contribution >= 0.6 is 0 Å². The lowest BCUT2D eigenvalue weighted by Gasteiger charge is -2.33. The second kappa shape index (κ2) is 9.51. The van der Waals surface area contributed by atoms with Crippen molar-refractivity contribution >= 4 is 11.8 Å². The lowest BCUT2D eigenvalue weighted by Crippen LogP contribution is -3.13. The standard InChI is InChI=1S/C23H29N3O2/c1-18-8-6-7-11-21(18)17-25-12-14-26(15-13-25)23(28)16-22(24-19(2)27)20-9-4-3-5-10-20/h3-11,22H,12-17H2,1-2H3,(H,24,27)/p+1/t22-/m1/s1. The molecule has 1 aliphatic heterocycles. The third-order valence-electron chi connectivity index (χ3n) is 5.48. The smallest absolute Gasteiger partial charge is 0.225 e. The van der Waals surface area contributed by atoms with Crippen LogP contribution < -0.4 is 10.2 Å². The molecule has 0 bridgehead atoms. The van der Waals surface area contributed by atoms with Gasteiger partial charge in [-0.2, -0.15) is 0 Å². The summed E-state index contributed by atoms with van der Waals surface area (Å²) in [5, 5.41) is 2.92. The number of piperazine rings is 1. The number of quaternary nitrogens is 1. The van der Waals surface area contributed by atoms with Gasteiger partial charge >= 0.3 is 0 Å². The van der Waals surface area contributed by atoms with Crippen LogP contribution in [-0.2, 0) is 16.1 Å². The number of benzene rings is 2. The monoisotopic (exact) mass is 380 g/mol. The number of amides is 2. The molecule has 0 unspecified atom stereocenters. The maximum absolute atomic E-state index is 12.8. The van der Waals surface area contributed by atoms with E-state index in [1.165, 1.54) is 23.0 Å². The van der Waals surface area contributed by atoms with Gasteiger partial charge in [-0.05, 0) is 18.1 Å². The van der Waals surface area contributed by atoms with E-state index in [2.05, 4.69) is 36.5 Å². The van der Waals surface area contributed by atoms with E-state index in [0.29, 0.717) is 6.42 Å². The molecule has 0 radical (unpaired) electrons. The molecule has 148 valence electrons. The number of hydrogen-bond acceptors (Lipinski definition) is 2. The van der Waals surface area contributed by atoms with Crippen LogP contribution in [0, 0.1) is 6.92 Å². The Bertz CT molecular complexity index is 799. The van der Waals surface area contributed by atoms with Gasteiger partial charge in [-0.3, -0.25) is 9.59 Å². The molecule has 1 atom stereocenters. The van der Waals surface area contributed by atoms with Crippen molar-refractivity contribution in [3.8, 4) is 0 Å². The van der Waals surface area contributed by atoms with Gasteiger partial charge in [-0.25, -0.2) is 0 Å².